The second-order valence-corrected chi connectivity index (χ2v) is 11.3. The van der Waals surface area contributed by atoms with Crippen LogP contribution in [0, 0.1) is 5.92 Å². The lowest BCUT2D eigenvalue weighted by molar-refractivity contribution is -0.149. The summed E-state index contributed by atoms with van der Waals surface area (Å²) in [4.78, 5) is 77.5. The zero-order valence-electron chi connectivity index (χ0n) is 21.4. The number of H-pyrrole nitrogens is 1. The third kappa shape index (κ3) is 5.74. The summed E-state index contributed by atoms with van der Waals surface area (Å²) in [6.45, 7) is 0.938. The van der Waals surface area contributed by atoms with Gasteiger partial charge in [0.15, 0.2) is 6.61 Å². The number of thiazole rings is 1. The third-order valence-electron chi connectivity index (χ3n) is 6.50. The third-order valence-corrected chi connectivity index (χ3v) is 8.90. The number of carboxylic acids is 1. The number of nitrogens with zero attached hydrogens (tertiary/aromatic N) is 1. The highest BCUT2D eigenvalue weighted by Gasteiger charge is 2.56. The molecule has 2 aliphatic heterocycles. The van der Waals surface area contributed by atoms with Crippen LogP contribution >= 0.6 is 23.1 Å². The number of carbonyl (C=O) groups is 5. The van der Waals surface area contributed by atoms with Crippen LogP contribution in [0.3, 0.4) is 0 Å². The van der Waals surface area contributed by atoms with Crippen molar-refractivity contribution < 1.29 is 38.6 Å². The Balaban J connectivity index is 1.28. The van der Waals surface area contributed by atoms with E-state index in [1.54, 1.807) is 43.3 Å². The summed E-state index contributed by atoms with van der Waals surface area (Å²) in [5, 5.41) is 11.5. The van der Waals surface area contributed by atoms with Gasteiger partial charge in [-0.1, -0.05) is 35.2 Å². The van der Waals surface area contributed by atoms with Crippen LogP contribution in [-0.4, -0.2) is 69.7 Å². The quantitative estimate of drug-likeness (QED) is 0.245. The standard InChI is InChI=1S/C27H23N3O9S2/c1-2-38-26(36)14-3-7-15(8-4-14)28-17(31)12-39-16-9-5-13(6-10-16)19-20-22(40-23-21(19)41-27(37)29-23)25(35)30(24(20)34)11-18(32)33/h3-10,19-20,22H,2,11-12H2,1H3,(H,28,31)(H,29,37)(H,32,33)/t19-,20?,22?/m0/s1. The molecule has 12 nitrogen and oxygen atoms in total. The van der Waals surface area contributed by atoms with Crippen LogP contribution in [0.25, 0.3) is 0 Å². The number of thioether (sulfide) groups is 1. The van der Waals surface area contributed by atoms with Crippen LogP contribution in [0.2, 0.25) is 0 Å². The number of esters is 1. The summed E-state index contributed by atoms with van der Waals surface area (Å²) in [6.07, 6.45) is 0. The van der Waals surface area contributed by atoms with Crippen molar-refractivity contribution in [3.05, 3.63) is 74.2 Å². The van der Waals surface area contributed by atoms with Crippen molar-refractivity contribution in [1.29, 1.82) is 0 Å². The second-order valence-electron chi connectivity index (χ2n) is 9.11. The Labute approximate surface area is 240 Å². The average Bonchev–Trinajstić information content (AvgIpc) is 3.43. The highest BCUT2D eigenvalue weighted by Crippen LogP contribution is 2.52. The van der Waals surface area contributed by atoms with Crippen LogP contribution in [0.1, 0.15) is 33.6 Å². The number of imide groups is 1. The highest BCUT2D eigenvalue weighted by molar-refractivity contribution is 8.00. The number of anilines is 1. The summed E-state index contributed by atoms with van der Waals surface area (Å²) in [6, 6.07) is 12.8. The predicted octanol–water partition coefficient (Wildman–Crippen LogP) is 2.31. The van der Waals surface area contributed by atoms with E-state index in [-0.39, 0.29) is 18.1 Å². The zero-order chi connectivity index (χ0) is 29.3. The number of nitrogens with one attached hydrogen (secondary N) is 2. The smallest absolute Gasteiger partial charge is 0.338 e. The molecular formula is C27H23N3O9S2. The number of carboxylic acid groups (broad SMARTS) is 1. The SMILES string of the molecule is CCOC(=O)c1ccc(NC(=O)COc2ccc([C@@H]3c4sc(=O)[nH]c4SC4C(=O)N(CC(=O)O)C(=O)C43)cc2)cc1. The van der Waals surface area contributed by atoms with Gasteiger partial charge in [-0.2, -0.15) is 0 Å². The molecule has 0 radical (unpaired) electrons. The lowest BCUT2D eigenvalue weighted by Gasteiger charge is -2.29. The van der Waals surface area contributed by atoms with Gasteiger partial charge >= 0.3 is 16.8 Å². The molecule has 0 spiro atoms. The Hall–Kier alpha value is -4.43. The number of benzene rings is 2. The molecule has 41 heavy (non-hydrogen) atoms. The maximum atomic E-state index is 13.2. The first-order valence-electron chi connectivity index (χ1n) is 12.4. The molecule has 3 heterocycles. The van der Waals surface area contributed by atoms with Gasteiger partial charge in [-0.3, -0.25) is 28.9 Å². The Bertz CT molecular complexity index is 1580. The Kier molecular flexibility index (Phi) is 7.94. The zero-order valence-corrected chi connectivity index (χ0v) is 23.1. The average molecular weight is 598 g/mol. The molecular weight excluding hydrogens is 574 g/mol. The first-order valence-corrected chi connectivity index (χ1v) is 14.1. The molecule has 3 amide bonds. The molecule has 3 aromatic rings. The van der Waals surface area contributed by atoms with Crippen LogP contribution < -0.4 is 14.9 Å². The van der Waals surface area contributed by atoms with Crippen molar-refractivity contribution in [1.82, 2.24) is 9.88 Å². The van der Waals surface area contributed by atoms with E-state index in [1.165, 1.54) is 12.1 Å². The molecule has 2 aromatic carbocycles. The van der Waals surface area contributed by atoms with Crippen molar-refractivity contribution in [2.24, 2.45) is 5.92 Å². The maximum absolute atomic E-state index is 13.2. The van der Waals surface area contributed by atoms with Crippen molar-refractivity contribution in [3.63, 3.8) is 0 Å². The number of fused-ring (bicyclic) bond motifs is 2. The number of rotatable bonds is 9. The van der Waals surface area contributed by atoms with E-state index < -0.39 is 53.3 Å². The summed E-state index contributed by atoms with van der Waals surface area (Å²) in [5.41, 5.74) is 1.47. The van der Waals surface area contributed by atoms with Crippen LogP contribution in [0.4, 0.5) is 5.69 Å². The number of aromatic nitrogens is 1. The van der Waals surface area contributed by atoms with Gasteiger partial charge in [-0.15, -0.1) is 0 Å². The first-order chi connectivity index (χ1) is 19.7. The minimum absolute atomic E-state index is 0.258. The van der Waals surface area contributed by atoms with Gasteiger partial charge in [0.1, 0.15) is 17.5 Å². The fourth-order valence-electron chi connectivity index (χ4n) is 4.75. The Morgan fingerprint density at radius 1 is 1.02 bits per heavy atom. The number of aliphatic carboxylic acids is 1. The molecule has 2 aliphatic rings. The number of ether oxygens (including phenoxy) is 2. The largest absolute Gasteiger partial charge is 0.484 e. The number of hydrogen-bond acceptors (Lipinski definition) is 10. The lowest BCUT2D eigenvalue weighted by Crippen LogP contribution is -2.36. The van der Waals surface area contributed by atoms with E-state index in [1.807, 2.05) is 0 Å². The number of hydrogen-bond donors (Lipinski definition) is 3. The minimum atomic E-state index is -1.30. The van der Waals surface area contributed by atoms with E-state index in [2.05, 4.69) is 10.3 Å². The fraction of sp³-hybridized carbons (Fsp3) is 0.259. The minimum Gasteiger partial charge on any atom is -0.484 e. The van der Waals surface area contributed by atoms with Crippen molar-refractivity contribution >= 4 is 58.4 Å². The van der Waals surface area contributed by atoms with E-state index in [9.17, 15) is 33.9 Å². The molecule has 14 heteroatoms. The lowest BCUT2D eigenvalue weighted by atomic mass is 9.83. The molecule has 3 N–H and O–H groups in total. The van der Waals surface area contributed by atoms with E-state index in [4.69, 9.17) is 9.47 Å². The number of aromatic amines is 1. The van der Waals surface area contributed by atoms with E-state index >= 15 is 0 Å². The molecule has 0 bridgehead atoms. The normalized spacial score (nSPS) is 19.3. The maximum Gasteiger partial charge on any atom is 0.338 e. The van der Waals surface area contributed by atoms with Gasteiger partial charge in [0.2, 0.25) is 11.8 Å². The predicted molar refractivity (Wildman–Crippen MR) is 147 cm³/mol. The van der Waals surface area contributed by atoms with Crippen LogP contribution in [-0.2, 0) is 23.9 Å². The molecule has 0 aliphatic carbocycles. The van der Waals surface area contributed by atoms with Crippen LogP contribution in [0.15, 0.2) is 58.4 Å². The summed E-state index contributed by atoms with van der Waals surface area (Å²) in [7, 11) is 0. The van der Waals surface area contributed by atoms with Gasteiger partial charge in [0, 0.05) is 16.5 Å². The number of carbonyl (C=O) groups excluding carboxylic acids is 4. The molecule has 1 fully saturated rings. The molecule has 0 saturated carbocycles. The van der Waals surface area contributed by atoms with Crippen molar-refractivity contribution in [2.45, 2.75) is 23.1 Å². The Morgan fingerprint density at radius 3 is 2.39 bits per heavy atom. The first kappa shape index (κ1) is 28.1. The molecule has 1 aromatic heterocycles. The molecule has 5 rings (SSSR count). The number of likely N-dealkylation sites (tertiary alicyclic amines) is 1. The van der Waals surface area contributed by atoms with E-state index in [0.29, 0.717) is 32.5 Å². The summed E-state index contributed by atoms with van der Waals surface area (Å²) in [5.74, 6) is -4.54. The fourth-order valence-corrected chi connectivity index (χ4v) is 7.28. The molecule has 212 valence electrons. The van der Waals surface area contributed by atoms with E-state index in [0.717, 1.165) is 28.0 Å². The second kappa shape index (κ2) is 11.6. The highest BCUT2D eigenvalue weighted by atomic mass is 32.2. The Morgan fingerprint density at radius 2 is 1.73 bits per heavy atom. The molecule has 2 unspecified atom stereocenters. The van der Waals surface area contributed by atoms with Gasteiger partial charge in [-0.05, 0) is 48.9 Å². The van der Waals surface area contributed by atoms with Gasteiger partial charge in [0.05, 0.1) is 23.1 Å². The summed E-state index contributed by atoms with van der Waals surface area (Å²) < 4.78 is 10.5. The van der Waals surface area contributed by atoms with Crippen molar-refractivity contribution in [3.8, 4) is 5.75 Å². The van der Waals surface area contributed by atoms with Gasteiger partial charge in [0.25, 0.3) is 5.91 Å². The summed E-state index contributed by atoms with van der Waals surface area (Å²) >= 11 is 2.01. The monoisotopic (exact) mass is 597 g/mol. The number of amides is 3. The van der Waals surface area contributed by atoms with Gasteiger partial charge < -0.3 is 24.9 Å². The topological polar surface area (TPSA) is 172 Å². The molecule has 3 atom stereocenters. The van der Waals surface area contributed by atoms with Crippen LogP contribution in [0.5, 0.6) is 5.75 Å². The van der Waals surface area contributed by atoms with Gasteiger partial charge in [-0.25, -0.2) is 4.79 Å². The van der Waals surface area contributed by atoms with Crippen molar-refractivity contribution in [2.75, 3.05) is 25.1 Å². The molecule has 1 saturated heterocycles.